The van der Waals surface area contributed by atoms with Crippen LogP contribution in [-0.4, -0.2) is 12.4 Å². The maximum atomic E-state index is 10.9. The van der Waals surface area contributed by atoms with Gasteiger partial charge in [-0.1, -0.05) is 17.7 Å². The molecule has 1 atom stereocenters. The Labute approximate surface area is 107 Å². The van der Waals surface area contributed by atoms with Gasteiger partial charge in [-0.25, -0.2) is 0 Å². The Morgan fingerprint density at radius 1 is 1.53 bits per heavy atom. The van der Waals surface area contributed by atoms with E-state index in [-0.39, 0.29) is 11.8 Å². The van der Waals surface area contributed by atoms with Gasteiger partial charge in [0.2, 0.25) is 0 Å². The second-order valence-electron chi connectivity index (χ2n) is 3.97. The molecule has 0 fully saturated rings. The molecule has 2 N–H and O–H groups in total. The smallest absolute Gasteiger partial charge is 0.137 e. The number of ether oxygens (including phenoxy) is 1. The summed E-state index contributed by atoms with van der Waals surface area (Å²) < 4.78 is 5.34. The molecule has 0 heterocycles. The quantitative estimate of drug-likeness (QED) is 0.850. The third-order valence-corrected chi connectivity index (χ3v) is 2.79. The van der Waals surface area contributed by atoms with E-state index in [0.29, 0.717) is 30.2 Å². The molecule has 0 amide bonds. The summed E-state index contributed by atoms with van der Waals surface area (Å²) in [4.78, 5) is 10.9. The highest BCUT2D eigenvalue weighted by Gasteiger charge is 2.10. The lowest BCUT2D eigenvalue weighted by molar-refractivity contribution is -0.117. The average molecular weight is 256 g/mol. The Morgan fingerprint density at radius 3 is 2.76 bits per heavy atom. The zero-order chi connectivity index (χ0) is 12.8. The average Bonchev–Trinajstić information content (AvgIpc) is 2.28. The van der Waals surface area contributed by atoms with Crippen molar-refractivity contribution in [3.8, 4) is 5.75 Å². The van der Waals surface area contributed by atoms with Crippen molar-refractivity contribution in [1.82, 2.24) is 0 Å². The minimum atomic E-state index is -0.160. The lowest BCUT2D eigenvalue weighted by Crippen LogP contribution is -2.11. The molecule has 1 rings (SSSR count). The number of rotatable bonds is 6. The number of nitrogens with two attached hydrogens (primary N) is 1. The van der Waals surface area contributed by atoms with Gasteiger partial charge in [0.15, 0.2) is 0 Å². The molecule has 0 aliphatic rings. The molecule has 0 saturated carbocycles. The van der Waals surface area contributed by atoms with Gasteiger partial charge in [-0.05, 0) is 38.0 Å². The molecule has 0 spiro atoms. The zero-order valence-electron chi connectivity index (χ0n) is 10.2. The number of carbonyl (C=O) groups excluding carboxylic acids is 1. The molecule has 0 aliphatic heterocycles. The number of benzene rings is 1. The lowest BCUT2D eigenvalue weighted by Gasteiger charge is -2.13. The summed E-state index contributed by atoms with van der Waals surface area (Å²) in [6.07, 6.45) is 1.13. The van der Waals surface area contributed by atoms with Crippen LogP contribution in [0.5, 0.6) is 5.75 Å². The van der Waals surface area contributed by atoms with E-state index < -0.39 is 0 Å². The van der Waals surface area contributed by atoms with Crippen molar-refractivity contribution in [2.45, 2.75) is 32.7 Å². The molecular weight excluding hydrogens is 238 g/mol. The molecule has 4 heteroatoms. The number of hydrogen-bond donors (Lipinski definition) is 1. The van der Waals surface area contributed by atoms with Crippen LogP contribution in [-0.2, 0) is 4.79 Å². The highest BCUT2D eigenvalue weighted by atomic mass is 35.5. The molecular formula is C13H18ClNO2. The molecule has 1 unspecified atom stereocenters. The first-order valence-corrected chi connectivity index (χ1v) is 6.09. The summed E-state index contributed by atoms with van der Waals surface area (Å²) >= 11 is 6.07. The van der Waals surface area contributed by atoms with Crippen molar-refractivity contribution in [2.75, 3.05) is 6.61 Å². The maximum Gasteiger partial charge on any atom is 0.137 e. The molecule has 0 radical (unpaired) electrons. The predicted molar refractivity (Wildman–Crippen MR) is 69.5 cm³/mol. The van der Waals surface area contributed by atoms with Gasteiger partial charge in [0.05, 0.1) is 11.6 Å². The summed E-state index contributed by atoms with van der Waals surface area (Å²) in [5, 5.41) is 0.558. The lowest BCUT2D eigenvalue weighted by atomic mass is 10.0. The van der Waals surface area contributed by atoms with Gasteiger partial charge in [0.25, 0.3) is 0 Å². The van der Waals surface area contributed by atoms with Gasteiger partial charge in [-0.2, -0.15) is 0 Å². The van der Waals surface area contributed by atoms with Gasteiger partial charge in [-0.3, -0.25) is 0 Å². The van der Waals surface area contributed by atoms with Crippen molar-refractivity contribution in [3.05, 3.63) is 28.8 Å². The molecule has 0 saturated heterocycles. The van der Waals surface area contributed by atoms with Crippen LogP contribution in [0.15, 0.2) is 18.2 Å². The summed E-state index contributed by atoms with van der Waals surface area (Å²) in [5.41, 5.74) is 6.91. The second kappa shape index (κ2) is 6.62. The normalized spacial score (nSPS) is 12.2. The van der Waals surface area contributed by atoms with Crippen LogP contribution in [0.4, 0.5) is 0 Å². The molecule has 0 bridgehead atoms. The highest BCUT2D eigenvalue weighted by molar-refractivity contribution is 6.32. The Bertz CT molecular complexity index is 393. The van der Waals surface area contributed by atoms with E-state index >= 15 is 0 Å². The minimum absolute atomic E-state index is 0.150. The van der Waals surface area contributed by atoms with Crippen LogP contribution in [0.25, 0.3) is 0 Å². The molecule has 17 heavy (non-hydrogen) atoms. The fourth-order valence-electron chi connectivity index (χ4n) is 1.55. The van der Waals surface area contributed by atoms with Crippen LogP contribution in [0.3, 0.4) is 0 Å². The minimum Gasteiger partial charge on any atom is -0.492 e. The van der Waals surface area contributed by atoms with Gasteiger partial charge in [0, 0.05) is 12.5 Å². The first-order chi connectivity index (χ1) is 8.04. The molecule has 3 nitrogen and oxygen atoms in total. The van der Waals surface area contributed by atoms with E-state index in [1.807, 2.05) is 19.1 Å². The van der Waals surface area contributed by atoms with Crippen molar-refractivity contribution in [1.29, 1.82) is 0 Å². The Hall–Kier alpha value is -1.06. The van der Waals surface area contributed by atoms with Gasteiger partial charge >= 0.3 is 0 Å². The van der Waals surface area contributed by atoms with Crippen molar-refractivity contribution >= 4 is 17.4 Å². The van der Waals surface area contributed by atoms with Gasteiger partial charge in [-0.15, -0.1) is 0 Å². The highest BCUT2D eigenvalue weighted by Crippen LogP contribution is 2.28. The molecule has 1 aromatic carbocycles. The van der Waals surface area contributed by atoms with E-state index in [1.165, 1.54) is 0 Å². The van der Waals surface area contributed by atoms with E-state index in [0.717, 1.165) is 5.56 Å². The number of carbonyl (C=O) groups is 1. The fraction of sp³-hybridized carbons (Fsp3) is 0.462. The van der Waals surface area contributed by atoms with Crippen LogP contribution in [0.2, 0.25) is 5.02 Å². The third-order valence-electron chi connectivity index (χ3n) is 2.49. The Balaban J connectivity index is 2.71. The summed E-state index contributed by atoms with van der Waals surface area (Å²) in [5.74, 6) is 0.814. The topological polar surface area (TPSA) is 52.3 Å². The van der Waals surface area contributed by atoms with Crippen LogP contribution >= 0.6 is 11.6 Å². The number of hydrogen-bond acceptors (Lipinski definition) is 3. The molecule has 94 valence electrons. The summed E-state index contributed by atoms with van der Waals surface area (Å²) in [6.45, 7) is 4.05. The first-order valence-electron chi connectivity index (χ1n) is 5.71. The van der Waals surface area contributed by atoms with Crippen molar-refractivity contribution in [2.24, 2.45) is 5.73 Å². The maximum absolute atomic E-state index is 10.9. The molecule has 0 aliphatic carbocycles. The third kappa shape index (κ3) is 4.36. The number of halogens is 1. The summed E-state index contributed by atoms with van der Waals surface area (Å²) in [7, 11) is 0. The van der Waals surface area contributed by atoms with E-state index in [9.17, 15) is 4.79 Å². The number of ketones is 1. The molecule has 1 aromatic rings. The van der Waals surface area contributed by atoms with Crippen LogP contribution in [0, 0.1) is 0 Å². The largest absolute Gasteiger partial charge is 0.492 e. The standard InChI is InChI=1S/C13H18ClNO2/c1-3-17-13-7-5-10(8-11(13)14)12(15)6-4-9(2)16/h5,7-8,12H,3-4,6,15H2,1-2H3. The van der Waals surface area contributed by atoms with Gasteiger partial charge < -0.3 is 15.3 Å². The second-order valence-corrected chi connectivity index (χ2v) is 4.38. The summed E-state index contributed by atoms with van der Waals surface area (Å²) in [6, 6.07) is 5.35. The first kappa shape index (κ1) is 14.0. The fourth-order valence-corrected chi connectivity index (χ4v) is 1.79. The van der Waals surface area contributed by atoms with E-state index in [1.54, 1.807) is 13.0 Å². The van der Waals surface area contributed by atoms with Crippen molar-refractivity contribution < 1.29 is 9.53 Å². The van der Waals surface area contributed by atoms with Crippen molar-refractivity contribution in [3.63, 3.8) is 0 Å². The van der Waals surface area contributed by atoms with Gasteiger partial charge in [0.1, 0.15) is 11.5 Å². The Kier molecular flexibility index (Phi) is 5.45. The van der Waals surface area contributed by atoms with E-state index in [4.69, 9.17) is 22.1 Å². The Morgan fingerprint density at radius 2 is 2.24 bits per heavy atom. The van der Waals surface area contributed by atoms with Crippen LogP contribution < -0.4 is 10.5 Å². The molecule has 0 aromatic heterocycles. The number of Topliss-reactive ketones (excluding diaryl/α,β-unsaturated/α-hetero) is 1. The SMILES string of the molecule is CCOc1ccc(C(N)CCC(C)=O)cc1Cl. The predicted octanol–water partition coefficient (Wildman–Crippen LogP) is 3.11. The zero-order valence-corrected chi connectivity index (χ0v) is 11.0. The monoisotopic (exact) mass is 255 g/mol. The van der Waals surface area contributed by atoms with Crippen LogP contribution in [0.1, 0.15) is 38.3 Å². The van der Waals surface area contributed by atoms with E-state index in [2.05, 4.69) is 0 Å².